The average molecular weight is 209 g/mol. The minimum atomic E-state index is -2.33. The molecule has 0 saturated heterocycles. The molecule has 0 saturated carbocycles. The fourth-order valence-electron chi connectivity index (χ4n) is 0. The quantitative estimate of drug-likeness (QED) is 0.382. The van der Waals surface area contributed by atoms with Crippen LogP contribution in [0, 0.1) is 0 Å². The molecule has 0 amide bonds. The van der Waals surface area contributed by atoms with E-state index >= 15 is 0 Å². The Kier molecular flexibility index (Phi) is 89.2. The molecular weight excluding hydrogens is 208 g/mol. The maximum atomic E-state index is 8.33. The van der Waals surface area contributed by atoms with E-state index in [-0.39, 0.29) is 37.7 Å². The van der Waals surface area contributed by atoms with Gasteiger partial charge in [-0.05, 0) is 6.16 Å². The SMILES string of the molecule is O=C([O-])[O-].O=[SiH].[Ca+2].[O]=[Ti]. The zero-order valence-corrected chi connectivity index (χ0v) is 9.25. The van der Waals surface area contributed by atoms with Gasteiger partial charge in [0.2, 0.25) is 0 Å². The van der Waals surface area contributed by atoms with Crippen molar-refractivity contribution in [1.82, 2.24) is 0 Å². The summed E-state index contributed by atoms with van der Waals surface area (Å²) in [7, 11) is 1.17. The van der Waals surface area contributed by atoms with Gasteiger partial charge in [-0.3, -0.25) is 0 Å². The topological polar surface area (TPSA) is 97.3 Å². The fourth-order valence-corrected chi connectivity index (χ4v) is 0. The molecule has 9 heavy (non-hydrogen) atoms. The van der Waals surface area contributed by atoms with Gasteiger partial charge >= 0.3 is 71.6 Å². The van der Waals surface area contributed by atoms with E-state index in [4.69, 9.17) is 22.8 Å². The summed E-state index contributed by atoms with van der Waals surface area (Å²) in [5, 5.41) is 16.7. The molecule has 0 bridgehead atoms. The van der Waals surface area contributed by atoms with Crippen LogP contribution in [0.1, 0.15) is 0 Å². The van der Waals surface area contributed by atoms with Gasteiger partial charge in [-0.1, -0.05) is 0 Å². The molecule has 0 N–H and O–H groups in total. The molecule has 45 valence electrons. The molecule has 0 aliphatic carbocycles. The van der Waals surface area contributed by atoms with Crippen molar-refractivity contribution in [2.45, 2.75) is 0 Å². The van der Waals surface area contributed by atoms with Crippen LogP contribution in [0.4, 0.5) is 4.79 Å². The average Bonchev–Trinajstić information content (AvgIpc) is 1.75. The first-order chi connectivity index (χ1) is 3.73. The van der Waals surface area contributed by atoms with E-state index in [0.29, 0.717) is 0 Å². The van der Waals surface area contributed by atoms with Gasteiger partial charge < -0.3 is 19.5 Å². The van der Waals surface area contributed by atoms with E-state index < -0.39 is 6.16 Å². The molecule has 0 fully saturated rings. The molecule has 0 aromatic rings. The minimum absolute atomic E-state index is 0. The molecule has 0 aliphatic rings. The molecule has 5 nitrogen and oxygen atoms in total. The predicted octanol–water partition coefficient (Wildman–Crippen LogP) is -3.72. The van der Waals surface area contributed by atoms with Crippen LogP contribution >= 0.6 is 0 Å². The summed E-state index contributed by atoms with van der Waals surface area (Å²) in [4.78, 5) is 8.33. The van der Waals surface area contributed by atoms with E-state index in [1.807, 2.05) is 0 Å². The number of hydrogen-bond acceptors (Lipinski definition) is 5. The van der Waals surface area contributed by atoms with Crippen LogP contribution in [-0.4, -0.2) is 54.0 Å². The van der Waals surface area contributed by atoms with E-state index in [1.165, 1.54) is 10.1 Å². The standard InChI is InChI=1S/CH2O3.Ca.HOSi.O.Ti/c2-1(3)4;;1-2;;/h(H2,2,3,4);;2H;;/q;+2;;;/p-2. The number of carbonyl (C=O) groups is 1. The van der Waals surface area contributed by atoms with E-state index in [0.717, 1.165) is 20.4 Å². The van der Waals surface area contributed by atoms with Crippen molar-refractivity contribution < 1.29 is 43.2 Å². The molecule has 0 atom stereocenters. The van der Waals surface area contributed by atoms with Crippen molar-refractivity contribution in [2.24, 2.45) is 0 Å². The second-order valence-electron chi connectivity index (χ2n) is 0.250. The first kappa shape index (κ1) is 22.5. The van der Waals surface area contributed by atoms with Crippen molar-refractivity contribution in [1.29, 1.82) is 0 Å². The Labute approximate surface area is 96.0 Å². The zero-order valence-electron chi connectivity index (χ0n) is 4.33. The van der Waals surface area contributed by atoms with Crippen molar-refractivity contribution >= 4 is 54.0 Å². The third-order valence-corrected chi connectivity index (χ3v) is 0. The summed E-state index contributed by atoms with van der Waals surface area (Å²) in [5.74, 6) is 0. The van der Waals surface area contributed by atoms with Crippen LogP contribution in [0.5, 0.6) is 0 Å². The first-order valence-corrected chi connectivity index (χ1v) is 2.16. The molecule has 0 heterocycles. The predicted molar refractivity (Wildman–Crippen MR) is 19.7 cm³/mol. The molecule has 0 unspecified atom stereocenters. The van der Waals surface area contributed by atoms with Gasteiger partial charge in [-0.15, -0.1) is 0 Å². The van der Waals surface area contributed by atoms with E-state index in [9.17, 15) is 0 Å². The van der Waals surface area contributed by atoms with Crippen molar-refractivity contribution in [2.75, 3.05) is 0 Å². The summed E-state index contributed by atoms with van der Waals surface area (Å²) in [6.07, 6.45) is -2.33. The molecule has 0 aromatic heterocycles. The Morgan fingerprint density at radius 1 is 1.22 bits per heavy atom. The van der Waals surface area contributed by atoms with Crippen LogP contribution < -0.4 is 10.2 Å². The fraction of sp³-hybridized carbons (Fsp3) is 0. The Morgan fingerprint density at radius 2 is 1.22 bits per heavy atom. The van der Waals surface area contributed by atoms with Crippen LogP contribution in [-0.2, 0) is 28.2 Å². The second kappa shape index (κ2) is 35.7. The Bertz CT molecular complexity index is 54.9. The molecular formula is CHCaO5SiTi. The van der Waals surface area contributed by atoms with Gasteiger partial charge in [-0.2, -0.15) is 0 Å². The van der Waals surface area contributed by atoms with Crippen molar-refractivity contribution in [3.63, 3.8) is 0 Å². The van der Waals surface area contributed by atoms with Gasteiger partial charge in [0.1, 0.15) is 0 Å². The maximum absolute atomic E-state index is 8.33. The molecule has 0 aliphatic heterocycles. The molecule has 1 radical (unpaired) electrons. The van der Waals surface area contributed by atoms with E-state index in [1.54, 1.807) is 0 Å². The summed E-state index contributed by atoms with van der Waals surface area (Å²) in [6.45, 7) is 0. The van der Waals surface area contributed by atoms with Crippen LogP contribution in [0.3, 0.4) is 0 Å². The van der Waals surface area contributed by atoms with Crippen LogP contribution in [0.2, 0.25) is 0 Å². The van der Waals surface area contributed by atoms with Crippen LogP contribution in [0.25, 0.3) is 0 Å². The Morgan fingerprint density at radius 3 is 1.22 bits per heavy atom. The van der Waals surface area contributed by atoms with Gasteiger partial charge in [0.25, 0.3) is 0 Å². The zero-order chi connectivity index (χ0) is 7.58. The van der Waals surface area contributed by atoms with Crippen LogP contribution in [0.15, 0.2) is 0 Å². The molecule has 0 aromatic carbocycles. The second-order valence-corrected chi connectivity index (χ2v) is 0.250. The van der Waals surface area contributed by atoms with E-state index in [2.05, 4.69) is 0 Å². The first-order valence-electron chi connectivity index (χ1n) is 1.05. The third-order valence-electron chi connectivity index (χ3n) is 0. The number of carboxylic acid groups (broad SMARTS) is 2. The number of rotatable bonds is 0. The third kappa shape index (κ3) is 401. The monoisotopic (exact) mass is 209 g/mol. The van der Waals surface area contributed by atoms with Crippen molar-refractivity contribution in [3.8, 4) is 0 Å². The van der Waals surface area contributed by atoms with Gasteiger partial charge in [0.15, 0.2) is 0 Å². The molecule has 0 rings (SSSR count). The summed E-state index contributed by atoms with van der Waals surface area (Å²) in [6, 6.07) is 0. The molecule has 0 spiro atoms. The number of carbonyl (C=O) groups excluding carboxylic acids is 1. The normalized spacial score (nSPS) is 3.44. The number of hydrogen-bond donors (Lipinski definition) is 0. The van der Waals surface area contributed by atoms with Gasteiger partial charge in [0.05, 0.1) is 0 Å². The molecule has 8 heteroatoms. The van der Waals surface area contributed by atoms with Gasteiger partial charge in [-0.25, -0.2) is 0 Å². The Hall–Kier alpha value is 1.06. The van der Waals surface area contributed by atoms with Gasteiger partial charge in [0, 0.05) is 0 Å². The summed E-state index contributed by atoms with van der Waals surface area (Å²) >= 11 is 0.750. The van der Waals surface area contributed by atoms with Crippen molar-refractivity contribution in [3.05, 3.63) is 0 Å². The summed E-state index contributed by atoms with van der Waals surface area (Å²) < 4.78 is 16.4. The Balaban J connectivity index is -0.0000000221. The summed E-state index contributed by atoms with van der Waals surface area (Å²) in [5.41, 5.74) is 0.